The van der Waals surface area contributed by atoms with Crippen molar-refractivity contribution in [2.24, 2.45) is 23.7 Å². The van der Waals surface area contributed by atoms with E-state index in [1.165, 1.54) is 17.2 Å². The largest absolute Gasteiger partial charge is 0.508 e. The third-order valence-electron chi connectivity index (χ3n) is 8.52. The molecule has 5 nitrogen and oxygen atoms in total. The lowest BCUT2D eigenvalue weighted by molar-refractivity contribution is 0.0593. The number of ketones is 2. The standard InChI is InChI=1S/C31H34BClO5/c1-4-18(13-19-10-11-20(34)14-26(19)33)9-12-27-28-23(17(2)3)15-24-29(25(28)16-32(37)38-27)31(36)22-8-6-5-7-21(22)30(24)35/h5-8,10-11,13-14,17,24-25,27,29,34,37H,4,9,12,15-16H2,1-3H3/b18-13+/t24-,25+,27-,29-/m1/s1. The molecule has 2 N–H and O–H groups in total. The number of rotatable bonds is 6. The van der Waals surface area contributed by atoms with E-state index in [4.69, 9.17) is 16.3 Å². The predicted molar refractivity (Wildman–Crippen MR) is 150 cm³/mol. The number of Topliss-reactive ketones (excluding diaryl/α,β-unsaturated/α-hetero) is 2. The second-order valence-electron chi connectivity index (χ2n) is 11.1. The first kappa shape index (κ1) is 26.9. The molecule has 2 aliphatic carbocycles. The smallest absolute Gasteiger partial charge is 0.455 e. The van der Waals surface area contributed by atoms with Crippen molar-refractivity contribution in [2.45, 2.75) is 58.9 Å². The number of carbonyl (C=O) groups is 2. The molecule has 5 rings (SSSR count). The molecule has 1 aliphatic heterocycles. The van der Waals surface area contributed by atoms with Gasteiger partial charge in [-0.2, -0.15) is 0 Å². The Morgan fingerprint density at radius 3 is 2.50 bits per heavy atom. The van der Waals surface area contributed by atoms with Gasteiger partial charge in [-0.05, 0) is 73.2 Å². The minimum atomic E-state index is -0.985. The average molecular weight is 533 g/mol. The van der Waals surface area contributed by atoms with Gasteiger partial charge in [-0.15, -0.1) is 0 Å². The number of allylic oxidation sites excluding steroid dienone is 2. The lowest BCUT2D eigenvalue weighted by Crippen LogP contribution is -2.51. The van der Waals surface area contributed by atoms with E-state index in [0.29, 0.717) is 35.3 Å². The lowest BCUT2D eigenvalue weighted by Gasteiger charge is -2.48. The zero-order valence-corrected chi connectivity index (χ0v) is 22.9. The number of hydrogen-bond donors (Lipinski definition) is 2. The van der Waals surface area contributed by atoms with Gasteiger partial charge >= 0.3 is 7.12 Å². The van der Waals surface area contributed by atoms with Crippen molar-refractivity contribution in [3.05, 3.63) is 80.9 Å². The van der Waals surface area contributed by atoms with Gasteiger partial charge in [0.05, 0.1) is 11.1 Å². The van der Waals surface area contributed by atoms with Crippen LogP contribution in [0.1, 0.15) is 72.7 Å². The molecular weight excluding hydrogens is 499 g/mol. The molecule has 1 fully saturated rings. The number of hydrogen-bond acceptors (Lipinski definition) is 5. The van der Waals surface area contributed by atoms with E-state index in [-0.39, 0.29) is 35.3 Å². The van der Waals surface area contributed by atoms with Crippen LogP contribution in [0.25, 0.3) is 6.08 Å². The quantitative estimate of drug-likeness (QED) is 0.316. The van der Waals surface area contributed by atoms with Gasteiger partial charge in [0.25, 0.3) is 0 Å². The van der Waals surface area contributed by atoms with Gasteiger partial charge in [0, 0.05) is 23.0 Å². The minimum absolute atomic E-state index is 0.0134. The average Bonchev–Trinajstić information content (AvgIpc) is 2.89. The summed E-state index contributed by atoms with van der Waals surface area (Å²) in [7, 11) is -0.985. The third-order valence-corrected chi connectivity index (χ3v) is 8.85. The topological polar surface area (TPSA) is 83.8 Å². The van der Waals surface area contributed by atoms with Crippen molar-refractivity contribution in [1.29, 1.82) is 0 Å². The summed E-state index contributed by atoms with van der Waals surface area (Å²) in [6.45, 7) is 6.36. The second-order valence-corrected chi connectivity index (χ2v) is 11.5. The molecule has 0 radical (unpaired) electrons. The molecule has 0 amide bonds. The Bertz CT molecular complexity index is 1330. The molecule has 0 bridgehead atoms. The van der Waals surface area contributed by atoms with E-state index in [9.17, 15) is 19.7 Å². The normalized spacial score (nSPS) is 25.4. The van der Waals surface area contributed by atoms with Crippen molar-refractivity contribution >= 4 is 36.4 Å². The van der Waals surface area contributed by atoms with Crippen molar-refractivity contribution in [3.8, 4) is 5.75 Å². The van der Waals surface area contributed by atoms with Gasteiger partial charge in [-0.25, -0.2) is 0 Å². The van der Waals surface area contributed by atoms with Gasteiger partial charge in [0.2, 0.25) is 0 Å². The van der Waals surface area contributed by atoms with E-state index in [0.717, 1.165) is 24.0 Å². The molecule has 0 aromatic heterocycles. The van der Waals surface area contributed by atoms with Crippen LogP contribution in [0.2, 0.25) is 11.3 Å². The van der Waals surface area contributed by atoms with Crippen LogP contribution in [-0.2, 0) is 4.65 Å². The highest BCUT2D eigenvalue weighted by molar-refractivity contribution is 6.43. The predicted octanol–water partition coefficient (Wildman–Crippen LogP) is 6.78. The first-order valence-corrected chi connectivity index (χ1v) is 14.0. The van der Waals surface area contributed by atoms with Crippen LogP contribution in [0.15, 0.2) is 59.2 Å². The highest BCUT2D eigenvalue weighted by Crippen LogP contribution is 2.52. The molecule has 1 heterocycles. The Morgan fingerprint density at radius 2 is 1.84 bits per heavy atom. The van der Waals surface area contributed by atoms with Crippen LogP contribution >= 0.6 is 11.6 Å². The molecule has 3 aliphatic rings. The van der Waals surface area contributed by atoms with Crippen LogP contribution in [0, 0.1) is 23.7 Å². The summed E-state index contributed by atoms with van der Waals surface area (Å²) in [6.07, 6.45) is 4.81. The summed E-state index contributed by atoms with van der Waals surface area (Å²) in [5.74, 6) is -0.688. The monoisotopic (exact) mass is 532 g/mol. The fourth-order valence-electron chi connectivity index (χ4n) is 6.68. The van der Waals surface area contributed by atoms with Gasteiger partial charge < -0.3 is 14.8 Å². The van der Waals surface area contributed by atoms with Crippen LogP contribution in [0.3, 0.4) is 0 Å². The van der Waals surface area contributed by atoms with E-state index < -0.39 is 19.0 Å². The molecule has 7 heteroatoms. The minimum Gasteiger partial charge on any atom is -0.508 e. The molecular formula is C31H34BClO5. The van der Waals surface area contributed by atoms with E-state index in [1.807, 2.05) is 18.2 Å². The fourth-order valence-corrected chi connectivity index (χ4v) is 6.90. The number of phenolic OH excluding ortho intramolecular Hbond substituents is 1. The molecule has 0 saturated carbocycles. The summed E-state index contributed by atoms with van der Waals surface area (Å²) >= 11 is 6.34. The van der Waals surface area contributed by atoms with Crippen molar-refractivity contribution in [1.82, 2.24) is 0 Å². The van der Waals surface area contributed by atoms with E-state index in [2.05, 4.69) is 20.8 Å². The van der Waals surface area contributed by atoms with Gasteiger partial charge in [-0.1, -0.05) is 73.9 Å². The Morgan fingerprint density at radius 1 is 1.13 bits per heavy atom. The first-order valence-electron chi connectivity index (χ1n) is 13.6. The fraction of sp³-hybridized carbons (Fsp3) is 0.419. The molecule has 1 saturated heterocycles. The summed E-state index contributed by atoms with van der Waals surface area (Å²) in [4.78, 5) is 27.4. The number of carbonyl (C=O) groups excluding carboxylic acids is 2. The molecule has 198 valence electrons. The number of fused-ring (bicyclic) bond motifs is 4. The Kier molecular flexibility index (Phi) is 7.68. The maximum absolute atomic E-state index is 13.8. The van der Waals surface area contributed by atoms with Crippen LogP contribution in [0.4, 0.5) is 0 Å². The van der Waals surface area contributed by atoms with E-state index >= 15 is 0 Å². The van der Waals surface area contributed by atoms with Crippen molar-refractivity contribution in [3.63, 3.8) is 0 Å². The molecule has 2 aromatic carbocycles. The molecule has 4 atom stereocenters. The highest BCUT2D eigenvalue weighted by Gasteiger charge is 2.53. The SMILES string of the molecule is CC/C(=C\c1ccc(O)cc1Cl)CC[C@H]1OB(O)C[C@H]2C1=C(C(C)C)C[C@H]1C(=O)c3ccccc3C(=O)[C@H]12. The van der Waals surface area contributed by atoms with Gasteiger partial charge in [-0.3, -0.25) is 9.59 Å². The van der Waals surface area contributed by atoms with Crippen molar-refractivity contribution < 1.29 is 24.4 Å². The number of phenols is 1. The Labute approximate surface area is 229 Å². The zero-order chi connectivity index (χ0) is 27.1. The van der Waals surface area contributed by atoms with Crippen molar-refractivity contribution in [2.75, 3.05) is 0 Å². The molecule has 2 aromatic rings. The third kappa shape index (κ3) is 4.90. The van der Waals surface area contributed by atoms with Crippen LogP contribution < -0.4 is 0 Å². The maximum atomic E-state index is 13.8. The van der Waals surface area contributed by atoms with Crippen LogP contribution in [-0.4, -0.2) is 34.9 Å². The van der Waals surface area contributed by atoms with Crippen LogP contribution in [0.5, 0.6) is 5.75 Å². The number of benzene rings is 2. The first-order chi connectivity index (χ1) is 18.2. The molecule has 38 heavy (non-hydrogen) atoms. The summed E-state index contributed by atoms with van der Waals surface area (Å²) in [6, 6.07) is 12.1. The summed E-state index contributed by atoms with van der Waals surface area (Å²) in [5, 5.41) is 21.0. The summed E-state index contributed by atoms with van der Waals surface area (Å²) < 4.78 is 6.15. The second kappa shape index (κ2) is 10.8. The Hall–Kier alpha value is -2.67. The summed E-state index contributed by atoms with van der Waals surface area (Å²) in [5.41, 5.74) is 5.36. The zero-order valence-electron chi connectivity index (χ0n) is 22.1. The number of halogens is 1. The lowest BCUT2D eigenvalue weighted by atomic mass is 9.53. The molecule has 0 unspecified atom stereocenters. The van der Waals surface area contributed by atoms with Gasteiger partial charge in [0.1, 0.15) is 5.75 Å². The van der Waals surface area contributed by atoms with Gasteiger partial charge in [0.15, 0.2) is 11.6 Å². The number of aromatic hydroxyl groups is 1. The van der Waals surface area contributed by atoms with E-state index in [1.54, 1.807) is 24.3 Å². The maximum Gasteiger partial charge on any atom is 0.455 e. The highest BCUT2D eigenvalue weighted by atomic mass is 35.5. The Balaban J connectivity index is 1.48. The molecule has 0 spiro atoms.